The zero-order chi connectivity index (χ0) is 16.2. The summed E-state index contributed by atoms with van der Waals surface area (Å²) in [4.78, 5) is 12.1. The van der Waals surface area contributed by atoms with Crippen LogP contribution in [0.2, 0.25) is 0 Å². The number of halogens is 1. The van der Waals surface area contributed by atoms with Crippen LogP contribution in [0.5, 0.6) is 0 Å². The number of hydrogen-bond acceptors (Lipinski definition) is 1. The van der Waals surface area contributed by atoms with Gasteiger partial charge in [-0.05, 0) is 47.5 Å². The fourth-order valence-electron chi connectivity index (χ4n) is 2.23. The van der Waals surface area contributed by atoms with Crippen molar-refractivity contribution < 1.29 is 9.18 Å². The fourth-order valence-corrected chi connectivity index (χ4v) is 2.23. The maximum atomic E-state index is 12.8. The molecule has 1 nitrogen and oxygen atoms in total. The molecule has 0 N–H and O–H groups in total. The van der Waals surface area contributed by atoms with E-state index >= 15 is 0 Å². The second-order valence-corrected chi connectivity index (χ2v) is 5.10. The number of rotatable bonds is 2. The minimum Gasteiger partial charge on any atom is -0.289 e. The monoisotopic (exact) mass is 300 g/mol. The predicted octanol–water partition coefficient (Wildman–Crippen LogP) is 4.71. The summed E-state index contributed by atoms with van der Waals surface area (Å²) in [7, 11) is 0. The minimum atomic E-state index is -0.369. The number of ketones is 1. The van der Waals surface area contributed by atoms with Crippen LogP contribution in [-0.4, -0.2) is 5.78 Å². The summed E-state index contributed by atoms with van der Waals surface area (Å²) in [6.07, 6.45) is 5.33. The third-order valence-corrected chi connectivity index (χ3v) is 3.65. The van der Waals surface area contributed by atoms with Crippen molar-refractivity contribution in [2.75, 3.05) is 0 Å². The molecule has 23 heavy (non-hydrogen) atoms. The summed E-state index contributed by atoms with van der Waals surface area (Å²) in [6, 6.07) is 20.8. The Labute approximate surface area is 134 Å². The molecule has 0 aliphatic heterocycles. The molecule has 2 aliphatic rings. The van der Waals surface area contributed by atoms with Crippen LogP contribution >= 0.6 is 0 Å². The highest BCUT2D eigenvalue weighted by atomic mass is 19.1. The van der Waals surface area contributed by atoms with Gasteiger partial charge in [0, 0.05) is 16.7 Å². The van der Waals surface area contributed by atoms with E-state index in [9.17, 15) is 9.18 Å². The summed E-state index contributed by atoms with van der Waals surface area (Å²) in [5.74, 6) is 1.90. The van der Waals surface area contributed by atoms with Crippen LogP contribution in [0.1, 0.15) is 21.5 Å². The van der Waals surface area contributed by atoms with E-state index in [-0.39, 0.29) is 11.6 Å². The fraction of sp³-hybridized carbons (Fsp3) is 0. The first-order chi connectivity index (χ1) is 11.2. The number of terminal acetylenes is 1. The zero-order valence-electron chi connectivity index (χ0n) is 12.3. The van der Waals surface area contributed by atoms with Crippen LogP contribution in [0.15, 0.2) is 72.8 Å². The lowest BCUT2D eigenvalue weighted by Gasteiger charge is -2.10. The molecule has 0 saturated carbocycles. The smallest absolute Gasteiger partial charge is 0.194 e. The Morgan fingerprint density at radius 1 is 0.826 bits per heavy atom. The first-order valence-electron chi connectivity index (χ1n) is 7.15. The SMILES string of the molecule is C#Cc1ccccc1C(=O)c1ccc(F)cc1.c1cc2ccc1-2. The molecule has 0 atom stereocenters. The second kappa shape index (κ2) is 6.29. The Kier molecular flexibility index (Phi) is 4.03. The van der Waals surface area contributed by atoms with Gasteiger partial charge in [-0.1, -0.05) is 42.3 Å². The van der Waals surface area contributed by atoms with Crippen LogP contribution in [0.25, 0.3) is 11.1 Å². The van der Waals surface area contributed by atoms with E-state index in [1.165, 1.54) is 35.4 Å². The third-order valence-electron chi connectivity index (χ3n) is 3.65. The Morgan fingerprint density at radius 3 is 1.87 bits per heavy atom. The van der Waals surface area contributed by atoms with Gasteiger partial charge in [0.1, 0.15) is 5.82 Å². The molecule has 4 rings (SSSR count). The van der Waals surface area contributed by atoms with E-state index in [1.807, 2.05) is 0 Å². The highest BCUT2D eigenvalue weighted by Gasteiger charge is 2.11. The standard InChI is InChI=1S/C15H9FO.C6H4/c1-2-11-5-3-4-6-14(11)15(17)12-7-9-13(16)10-8-12;1-2-6-4-3-5(1)6/h1,3-10H;1-4H. The molecule has 2 aliphatic carbocycles. The van der Waals surface area contributed by atoms with Gasteiger partial charge in [0.25, 0.3) is 0 Å². The summed E-state index contributed by atoms with van der Waals surface area (Å²) < 4.78 is 12.8. The van der Waals surface area contributed by atoms with Crippen LogP contribution in [0.4, 0.5) is 4.39 Å². The average Bonchev–Trinajstić information content (AvgIpc) is 2.58. The molecule has 0 fully saturated rings. The summed E-state index contributed by atoms with van der Waals surface area (Å²) >= 11 is 0. The molecule has 0 amide bonds. The minimum absolute atomic E-state index is 0.196. The van der Waals surface area contributed by atoms with Crippen molar-refractivity contribution in [2.24, 2.45) is 0 Å². The topological polar surface area (TPSA) is 17.1 Å². The molecule has 0 spiro atoms. The number of carbonyl (C=O) groups excluding carboxylic acids is 1. The van der Waals surface area contributed by atoms with Gasteiger partial charge in [0.15, 0.2) is 5.78 Å². The van der Waals surface area contributed by atoms with Gasteiger partial charge in [-0.25, -0.2) is 4.39 Å². The van der Waals surface area contributed by atoms with Gasteiger partial charge in [-0.2, -0.15) is 0 Å². The van der Waals surface area contributed by atoms with E-state index in [0.717, 1.165) is 0 Å². The molecule has 0 radical (unpaired) electrons. The van der Waals surface area contributed by atoms with Gasteiger partial charge >= 0.3 is 0 Å². The van der Waals surface area contributed by atoms with Crippen molar-refractivity contribution in [2.45, 2.75) is 0 Å². The highest BCUT2D eigenvalue weighted by Crippen LogP contribution is 2.29. The van der Waals surface area contributed by atoms with Gasteiger partial charge in [-0.15, -0.1) is 6.42 Å². The van der Waals surface area contributed by atoms with E-state index in [4.69, 9.17) is 6.42 Å². The van der Waals surface area contributed by atoms with Gasteiger partial charge in [0.2, 0.25) is 0 Å². The van der Waals surface area contributed by atoms with Gasteiger partial charge in [0.05, 0.1) is 0 Å². The van der Waals surface area contributed by atoms with Crippen molar-refractivity contribution in [1.29, 1.82) is 0 Å². The predicted molar refractivity (Wildman–Crippen MR) is 89.6 cm³/mol. The average molecular weight is 300 g/mol. The molecule has 0 saturated heterocycles. The lowest BCUT2D eigenvalue weighted by Crippen LogP contribution is -2.03. The third kappa shape index (κ3) is 3.04. The Balaban J connectivity index is 0.000000213. The van der Waals surface area contributed by atoms with Crippen LogP contribution < -0.4 is 0 Å². The Morgan fingerprint density at radius 2 is 1.39 bits per heavy atom. The van der Waals surface area contributed by atoms with Gasteiger partial charge < -0.3 is 0 Å². The van der Waals surface area contributed by atoms with Crippen LogP contribution in [0.3, 0.4) is 0 Å². The molecule has 110 valence electrons. The molecule has 2 aromatic carbocycles. The molecule has 2 aromatic rings. The van der Waals surface area contributed by atoms with E-state index in [1.54, 1.807) is 24.3 Å². The lowest BCUT2D eigenvalue weighted by atomic mass is 9.95. The van der Waals surface area contributed by atoms with Crippen LogP contribution in [-0.2, 0) is 0 Å². The normalized spacial score (nSPS) is 10.1. The van der Waals surface area contributed by atoms with E-state index in [0.29, 0.717) is 16.7 Å². The van der Waals surface area contributed by atoms with E-state index < -0.39 is 0 Å². The number of carbonyl (C=O) groups is 1. The molecular formula is C21H13FO. The molecule has 2 heteroatoms. The second-order valence-electron chi connectivity index (χ2n) is 5.10. The number of benzene rings is 3. The summed E-state index contributed by atoms with van der Waals surface area (Å²) in [5, 5.41) is 0. The van der Waals surface area contributed by atoms with E-state index in [2.05, 4.69) is 30.2 Å². The molecule has 0 unspecified atom stereocenters. The van der Waals surface area contributed by atoms with Crippen molar-refractivity contribution in [3.8, 4) is 23.5 Å². The lowest BCUT2D eigenvalue weighted by molar-refractivity contribution is 0.103. The maximum absolute atomic E-state index is 12.8. The zero-order valence-corrected chi connectivity index (χ0v) is 12.3. The Hall–Kier alpha value is -3.18. The van der Waals surface area contributed by atoms with Crippen molar-refractivity contribution >= 4 is 5.78 Å². The number of hydrogen-bond donors (Lipinski definition) is 0. The molecular weight excluding hydrogens is 287 g/mol. The van der Waals surface area contributed by atoms with Crippen molar-refractivity contribution in [3.63, 3.8) is 0 Å². The first kappa shape index (κ1) is 14.7. The van der Waals surface area contributed by atoms with Crippen LogP contribution in [0, 0.1) is 18.2 Å². The van der Waals surface area contributed by atoms with Crippen molar-refractivity contribution in [1.82, 2.24) is 0 Å². The highest BCUT2D eigenvalue weighted by molar-refractivity contribution is 6.10. The van der Waals surface area contributed by atoms with Gasteiger partial charge in [-0.3, -0.25) is 4.79 Å². The molecule has 0 bridgehead atoms. The number of fused-ring (bicyclic) bond motifs is 1. The molecule has 0 heterocycles. The van der Waals surface area contributed by atoms with Crippen molar-refractivity contribution in [3.05, 3.63) is 95.3 Å². The summed E-state index contributed by atoms with van der Waals surface area (Å²) in [5.41, 5.74) is 4.28. The quantitative estimate of drug-likeness (QED) is 0.387. The maximum Gasteiger partial charge on any atom is 0.194 e. The largest absolute Gasteiger partial charge is 0.289 e. The first-order valence-corrected chi connectivity index (χ1v) is 7.15. The summed E-state index contributed by atoms with van der Waals surface area (Å²) in [6.45, 7) is 0. The Bertz CT molecular complexity index is 863. The molecule has 0 aromatic heterocycles.